The van der Waals surface area contributed by atoms with Crippen molar-refractivity contribution >= 4 is 40.1 Å². The number of H-pyrrole nitrogens is 1. The Morgan fingerprint density at radius 2 is 1.83 bits per heavy atom. The van der Waals surface area contributed by atoms with Gasteiger partial charge in [0.1, 0.15) is 22.9 Å². The van der Waals surface area contributed by atoms with Gasteiger partial charge in [-0.3, -0.25) is 23.9 Å². The SMILES string of the molecule is CC(=O)C(O)[C@H]1O[C@@H](n2cnc3c(Cl)[nH]c(=O)nc32)[C@@](O)(C(C)=O)[C@@]1(O)C(C)=O. The second-order valence-electron chi connectivity index (χ2n) is 6.79. The monoisotopic (exact) mass is 428 g/mol. The number of carbonyl (C=O) groups excluding carboxylic acids is 3. The highest BCUT2D eigenvalue weighted by Gasteiger charge is 2.73. The van der Waals surface area contributed by atoms with Crippen molar-refractivity contribution in [2.75, 3.05) is 0 Å². The Labute approximate surface area is 167 Å². The Morgan fingerprint density at radius 3 is 2.34 bits per heavy atom. The number of Topliss-reactive ketones (excluding diaryl/α,β-unsaturated/α-hetero) is 3. The molecule has 0 saturated carbocycles. The number of aromatic amines is 1. The second-order valence-corrected chi connectivity index (χ2v) is 7.17. The Hall–Kier alpha value is -2.51. The van der Waals surface area contributed by atoms with Crippen LogP contribution in [0.2, 0.25) is 5.15 Å². The van der Waals surface area contributed by atoms with Crippen molar-refractivity contribution in [2.45, 2.75) is 50.4 Å². The van der Waals surface area contributed by atoms with Crippen LogP contribution in [0, 0.1) is 0 Å². The van der Waals surface area contributed by atoms with E-state index in [2.05, 4.69) is 15.0 Å². The van der Waals surface area contributed by atoms with Gasteiger partial charge in [0, 0.05) is 0 Å². The van der Waals surface area contributed by atoms with Crippen molar-refractivity contribution in [1.82, 2.24) is 19.5 Å². The summed E-state index contributed by atoms with van der Waals surface area (Å²) in [6, 6.07) is 0. The van der Waals surface area contributed by atoms with Crippen LogP contribution in [0.4, 0.5) is 0 Å². The number of aliphatic hydroxyl groups is 3. The molecule has 0 aliphatic carbocycles. The number of halogens is 1. The van der Waals surface area contributed by atoms with E-state index in [1.165, 1.54) is 0 Å². The van der Waals surface area contributed by atoms with Crippen LogP contribution < -0.4 is 5.69 Å². The first-order valence-corrected chi connectivity index (χ1v) is 8.68. The van der Waals surface area contributed by atoms with E-state index < -0.39 is 52.7 Å². The molecule has 29 heavy (non-hydrogen) atoms. The van der Waals surface area contributed by atoms with Crippen molar-refractivity contribution in [3.63, 3.8) is 0 Å². The quantitative estimate of drug-likeness (QED) is 0.398. The van der Waals surface area contributed by atoms with Crippen molar-refractivity contribution in [3.05, 3.63) is 22.0 Å². The smallest absolute Gasteiger partial charge is 0.348 e. The molecule has 13 heteroatoms. The molecular formula is C16H17ClN4O8. The van der Waals surface area contributed by atoms with E-state index in [1.807, 2.05) is 0 Å². The minimum absolute atomic E-state index is 0.0253. The molecule has 1 fully saturated rings. The molecule has 1 aliphatic rings. The lowest BCUT2D eigenvalue weighted by Gasteiger charge is -2.37. The van der Waals surface area contributed by atoms with E-state index in [0.29, 0.717) is 0 Å². The molecule has 1 saturated heterocycles. The molecule has 12 nitrogen and oxygen atoms in total. The summed E-state index contributed by atoms with van der Waals surface area (Å²) < 4.78 is 6.40. The van der Waals surface area contributed by atoms with Crippen molar-refractivity contribution in [1.29, 1.82) is 0 Å². The molecule has 0 radical (unpaired) electrons. The molecule has 2 aromatic heterocycles. The maximum absolute atomic E-state index is 12.4. The number of hydrogen-bond donors (Lipinski definition) is 4. The lowest BCUT2D eigenvalue weighted by molar-refractivity contribution is -0.184. The largest absolute Gasteiger partial charge is 0.382 e. The Kier molecular flexibility index (Phi) is 4.96. The fourth-order valence-electron chi connectivity index (χ4n) is 3.50. The number of carbonyl (C=O) groups is 3. The predicted molar refractivity (Wildman–Crippen MR) is 95.0 cm³/mol. The highest BCUT2D eigenvalue weighted by atomic mass is 35.5. The van der Waals surface area contributed by atoms with Crippen LogP contribution >= 0.6 is 11.6 Å². The average molecular weight is 429 g/mol. The Morgan fingerprint density at radius 1 is 1.24 bits per heavy atom. The number of ketones is 3. The number of nitrogens with zero attached hydrogens (tertiary/aromatic N) is 3. The number of imidazole rings is 1. The fraction of sp³-hybridized carbons (Fsp3) is 0.500. The van der Waals surface area contributed by atoms with Gasteiger partial charge in [0.2, 0.25) is 5.60 Å². The van der Waals surface area contributed by atoms with Crippen LogP contribution in [0.3, 0.4) is 0 Å². The zero-order chi connectivity index (χ0) is 21.9. The molecule has 0 spiro atoms. The van der Waals surface area contributed by atoms with Gasteiger partial charge in [0.25, 0.3) is 0 Å². The third kappa shape index (κ3) is 2.75. The topological polar surface area (TPSA) is 185 Å². The molecule has 1 unspecified atom stereocenters. The highest BCUT2D eigenvalue weighted by Crippen LogP contribution is 2.48. The number of rotatable bonds is 5. The lowest BCUT2D eigenvalue weighted by atomic mass is 9.73. The first kappa shape index (κ1) is 21.2. The number of hydrogen-bond acceptors (Lipinski definition) is 10. The highest BCUT2D eigenvalue weighted by molar-refractivity contribution is 6.33. The van der Waals surface area contributed by atoms with Gasteiger partial charge >= 0.3 is 5.69 Å². The van der Waals surface area contributed by atoms with Gasteiger partial charge in [-0.2, -0.15) is 4.98 Å². The van der Waals surface area contributed by atoms with Crippen molar-refractivity contribution in [3.8, 4) is 0 Å². The number of aromatic nitrogens is 4. The molecule has 5 atom stereocenters. The summed E-state index contributed by atoms with van der Waals surface area (Å²) in [5.41, 5.74) is -7.08. The first-order chi connectivity index (χ1) is 13.4. The van der Waals surface area contributed by atoms with Crippen molar-refractivity contribution < 1.29 is 34.4 Å². The number of nitrogens with one attached hydrogen (secondary N) is 1. The van der Waals surface area contributed by atoms with Crippen LogP contribution in [-0.2, 0) is 19.1 Å². The standard InChI is InChI=1S/C16H17ClN4O8/c1-5(22)9(25)10-15(27,6(2)23)16(28,7(3)24)13(29-10)21-4-18-8-11(17)19-14(26)20-12(8)21/h4,9-10,13,25,27-28H,1-3H3,(H,19,20,26)/t9?,10-,13-,15-,16+/m1/s1. The van der Waals surface area contributed by atoms with E-state index >= 15 is 0 Å². The molecule has 3 heterocycles. The molecule has 3 rings (SSSR count). The fourth-order valence-corrected chi connectivity index (χ4v) is 3.72. The summed E-state index contributed by atoms with van der Waals surface area (Å²) >= 11 is 5.91. The van der Waals surface area contributed by atoms with Crippen LogP contribution in [0.25, 0.3) is 11.2 Å². The predicted octanol–water partition coefficient (Wildman–Crippen LogP) is -1.74. The molecule has 156 valence electrons. The lowest BCUT2D eigenvalue weighted by Crippen LogP contribution is -2.67. The molecular weight excluding hydrogens is 412 g/mol. The number of fused-ring (bicyclic) bond motifs is 1. The van der Waals surface area contributed by atoms with Gasteiger partial charge in [-0.1, -0.05) is 11.6 Å². The van der Waals surface area contributed by atoms with E-state index in [1.54, 1.807) is 0 Å². The van der Waals surface area contributed by atoms with E-state index in [0.717, 1.165) is 31.7 Å². The van der Waals surface area contributed by atoms with Gasteiger partial charge < -0.3 is 20.1 Å². The molecule has 0 aromatic carbocycles. The van der Waals surface area contributed by atoms with Crippen LogP contribution in [0.1, 0.15) is 27.0 Å². The molecule has 1 aliphatic heterocycles. The summed E-state index contributed by atoms with van der Waals surface area (Å²) in [7, 11) is 0. The van der Waals surface area contributed by atoms with Crippen LogP contribution in [0.5, 0.6) is 0 Å². The summed E-state index contributed by atoms with van der Waals surface area (Å²) in [6.45, 7) is 2.73. The third-order valence-electron chi connectivity index (χ3n) is 5.05. The summed E-state index contributed by atoms with van der Waals surface area (Å²) in [5, 5.41) is 32.3. The minimum atomic E-state index is -2.99. The third-order valence-corrected chi connectivity index (χ3v) is 5.33. The maximum atomic E-state index is 12.4. The Bertz CT molecular complexity index is 1100. The Balaban J connectivity index is 2.32. The van der Waals surface area contributed by atoms with Gasteiger partial charge in [-0.25, -0.2) is 9.78 Å². The van der Waals surface area contributed by atoms with Crippen LogP contribution in [0.15, 0.2) is 11.1 Å². The molecule has 4 N–H and O–H groups in total. The molecule has 0 amide bonds. The number of ether oxygens (including phenoxy) is 1. The van der Waals surface area contributed by atoms with Gasteiger partial charge in [0.05, 0.1) is 6.33 Å². The van der Waals surface area contributed by atoms with E-state index in [-0.39, 0.29) is 16.3 Å². The van der Waals surface area contributed by atoms with Gasteiger partial charge in [0.15, 0.2) is 34.8 Å². The molecule has 0 bridgehead atoms. The summed E-state index contributed by atoms with van der Waals surface area (Å²) in [5.74, 6) is -3.11. The second kappa shape index (κ2) is 6.78. The zero-order valence-electron chi connectivity index (χ0n) is 15.4. The van der Waals surface area contributed by atoms with E-state index in [4.69, 9.17) is 16.3 Å². The zero-order valence-corrected chi connectivity index (χ0v) is 16.2. The summed E-state index contributed by atoms with van der Waals surface area (Å²) in [4.78, 5) is 58.0. The molecule has 2 aromatic rings. The summed E-state index contributed by atoms with van der Waals surface area (Å²) in [6.07, 6.45) is -4.90. The van der Waals surface area contributed by atoms with Gasteiger partial charge in [-0.05, 0) is 20.8 Å². The normalized spacial score (nSPS) is 30.4. The maximum Gasteiger partial charge on any atom is 0.348 e. The van der Waals surface area contributed by atoms with Crippen molar-refractivity contribution in [2.24, 2.45) is 0 Å². The first-order valence-electron chi connectivity index (χ1n) is 8.30. The van der Waals surface area contributed by atoms with Gasteiger partial charge in [-0.15, -0.1) is 0 Å². The average Bonchev–Trinajstić information content (AvgIpc) is 3.13. The van der Waals surface area contributed by atoms with Crippen LogP contribution in [-0.4, -0.2) is 75.6 Å². The van der Waals surface area contributed by atoms with E-state index in [9.17, 15) is 34.5 Å². The number of aliphatic hydroxyl groups excluding tert-OH is 1. The minimum Gasteiger partial charge on any atom is -0.382 e.